The summed E-state index contributed by atoms with van der Waals surface area (Å²) in [6.07, 6.45) is 4.65. The monoisotopic (exact) mass is 245 g/mol. The summed E-state index contributed by atoms with van der Waals surface area (Å²) in [6.45, 7) is 10.9. The molecule has 0 rings (SSSR count). The summed E-state index contributed by atoms with van der Waals surface area (Å²) in [7, 11) is 0. The van der Waals surface area contributed by atoms with Gasteiger partial charge in [-0.2, -0.15) is 11.8 Å². The van der Waals surface area contributed by atoms with Gasteiger partial charge in [-0.25, -0.2) is 0 Å². The van der Waals surface area contributed by atoms with Gasteiger partial charge in [0.15, 0.2) is 0 Å². The van der Waals surface area contributed by atoms with E-state index in [0.29, 0.717) is 6.42 Å². The summed E-state index contributed by atoms with van der Waals surface area (Å²) < 4.78 is 0. The van der Waals surface area contributed by atoms with Gasteiger partial charge in [0.25, 0.3) is 0 Å². The molecule has 0 aromatic heterocycles. The quantitative estimate of drug-likeness (QED) is 0.776. The van der Waals surface area contributed by atoms with Gasteiger partial charge in [0.1, 0.15) is 0 Å². The van der Waals surface area contributed by atoms with Crippen LogP contribution in [0.1, 0.15) is 53.9 Å². The Kier molecular flexibility index (Phi) is 6.46. The van der Waals surface area contributed by atoms with E-state index in [1.54, 1.807) is 11.8 Å². The fraction of sp³-hybridized carbons (Fsp3) is 0.923. The molecule has 96 valence electrons. The number of hydrogen-bond donors (Lipinski definition) is 1. The van der Waals surface area contributed by atoms with Crippen molar-refractivity contribution in [1.82, 2.24) is 5.32 Å². The van der Waals surface area contributed by atoms with Crippen LogP contribution < -0.4 is 5.32 Å². The lowest BCUT2D eigenvalue weighted by atomic mass is 9.79. The van der Waals surface area contributed by atoms with Crippen LogP contribution in [0.4, 0.5) is 0 Å². The maximum Gasteiger partial charge on any atom is 0.221 e. The van der Waals surface area contributed by atoms with Crippen molar-refractivity contribution < 1.29 is 4.79 Å². The Hall–Kier alpha value is -0.180. The van der Waals surface area contributed by atoms with Gasteiger partial charge < -0.3 is 5.32 Å². The van der Waals surface area contributed by atoms with E-state index in [1.165, 1.54) is 0 Å². The van der Waals surface area contributed by atoms with Gasteiger partial charge in [0.05, 0.1) is 0 Å². The highest BCUT2D eigenvalue weighted by Crippen LogP contribution is 2.29. The lowest BCUT2D eigenvalue weighted by molar-refractivity contribution is -0.122. The first-order valence-electron chi connectivity index (χ1n) is 6.02. The first kappa shape index (κ1) is 15.8. The molecule has 0 aromatic carbocycles. The summed E-state index contributed by atoms with van der Waals surface area (Å²) in [5.74, 6) is 1.09. The van der Waals surface area contributed by atoms with Crippen molar-refractivity contribution in [3.05, 3.63) is 0 Å². The van der Waals surface area contributed by atoms with Crippen molar-refractivity contribution >= 4 is 17.7 Å². The van der Waals surface area contributed by atoms with Gasteiger partial charge in [-0.3, -0.25) is 4.79 Å². The van der Waals surface area contributed by atoms with Crippen LogP contribution in [0.5, 0.6) is 0 Å². The molecule has 0 bridgehead atoms. The number of carbonyl (C=O) groups is 1. The summed E-state index contributed by atoms with van der Waals surface area (Å²) in [5, 5.41) is 3.18. The van der Waals surface area contributed by atoms with E-state index in [1.807, 2.05) is 6.26 Å². The molecule has 1 unspecified atom stereocenters. The van der Waals surface area contributed by atoms with E-state index in [9.17, 15) is 4.79 Å². The number of rotatable bonds is 6. The van der Waals surface area contributed by atoms with E-state index in [4.69, 9.17) is 0 Å². The van der Waals surface area contributed by atoms with Crippen LogP contribution in [0.15, 0.2) is 0 Å². The number of hydrogen-bond acceptors (Lipinski definition) is 2. The minimum Gasteiger partial charge on any atom is -0.351 e. The summed E-state index contributed by atoms with van der Waals surface area (Å²) in [6, 6.07) is 0. The predicted molar refractivity (Wildman–Crippen MR) is 73.9 cm³/mol. The fourth-order valence-corrected chi connectivity index (χ4v) is 2.41. The number of amides is 1. The summed E-state index contributed by atoms with van der Waals surface area (Å²) in [5.41, 5.74) is 0.186. The van der Waals surface area contributed by atoms with Crippen LogP contribution in [-0.4, -0.2) is 23.5 Å². The molecule has 0 saturated heterocycles. The molecule has 2 nitrogen and oxygen atoms in total. The normalized spacial score (nSPS) is 15.6. The molecule has 0 aliphatic carbocycles. The molecular weight excluding hydrogens is 218 g/mol. The first-order valence-corrected chi connectivity index (χ1v) is 7.42. The van der Waals surface area contributed by atoms with Gasteiger partial charge in [-0.15, -0.1) is 0 Å². The molecule has 0 aliphatic heterocycles. The Morgan fingerprint density at radius 3 is 2.19 bits per heavy atom. The molecule has 16 heavy (non-hydrogen) atoms. The molecule has 0 saturated carbocycles. The molecule has 0 spiro atoms. The minimum atomic E-state index is -0.0618. The van der Waals surface area contributed by atoms with Gasteiger partial charge in [0, 0.05) is 17.7 Å². The van der Waals surface area contributed by atoms with Crippen LogP contribution >= 0.6 is 11.8 Å². The van der Waals surface area contributed by atoms with Crippen LogP contribution in [0.3, 0.4) is 0 Å². The van der Waals surface area contributed by atoms with Gasteiger partial charge in [0.2, 0.25) is 5.91 Å². The van der Waals surface area contributed by atoms with Gasteiger partial charge in [-0.05, 0) is 31.4 Å². The van der Waals surface area contributed by atoms with Crippen molar-refractivity contribution in [3.63, 3.8) is 0 Å². The van der Waals surface area contributed by atoms with Gasteiger partial charge in [-0.1, -0.05) is 27.7 Å². The van der Waals surface area contributed by atoms with E-state index in [0.717, 1.165) is 18.6 Å². The minimum absolute atomic E-state index is 0.0618. The Morgan fingerprint density at radius 2 is 1.81 bits per heavy atom. The molecule has 0 aliphatic rings. The third kappa shape index (κ3) is 7.15. The molecule has 0 fully saturated rings. The summed E-state index contributed by atoms with van der Waals surface area (Å²) >= 11 is 1.72. The van der Waals surface area contributed by atoms with Crippen molar-refractivity contribution in [3.8, 4) is 0 Å². The molecule has 0 radical (unpaired) electrons. The van der Waals surface area contributed by atoms with E-state index in [2.05, 4.69) is 39.9 Å². The highest BCUT2D eigenvalue weighted by molar-refractivity contribution is 7.98. The zero-order valence-electron chi connectivity index (χ0n) is 11.6. The van der Waals surface area contributed by atoms with Gasteiger partial charge >= 0.3 is 0 Å². The number of nitrogens with one attached hydrogen (secondary N) is 1. The Bertz CT molecular complexity index is 222. The fourth-order valence-electron chi connectivity index (χ4n) is 2.02. The maximum atomic E-state index is 11.7. The standard InChI is InChI=1S/C13H27NOS/c1-7-13(5,10-12(2,3)4)14-11(15)8-9-16-6/h7-10H2,1-6H3,(H,14,15). The lowest BCUT2D eigenvalue weighted by Gasteiger charge is -2.36. The van der Waals surface area contributed by atoms with Crippen LogP contribution in [0, 0.1) is 5.41 Å². The molecule has 3 heteroatoms. The Morgan fingerprint density at radius 1 is 1.25 bits per heavy atom. The summed E-state index contributed by atoms with van der Waals surface area (Å²) in [4.78, 5) is 11.7. The van der Waals surface area contributed by atoms with E-state index in [-0.39, 0.29) is 16.9 Å². The van der Waals surface area contributed by atoms with Crippen molar-refractivity contribution in [1.29, 1.82) is 0 Å². The highest BCUT2D eigenvalue weighted by Gasteiger charge is 2.29. The molecule has 0 heterocycles. The highest BCUT2D eigenvalue weighted by atomic mass is 32.2. The van der Waals surface area contributed by atoms with Crippen LogP contribution in [0.2, 0.25) is 0 Å². The Balaban J connectivity index is 4.31. The SMILES string of the molecule is CCC(C)(CC(C)(C)C)NC(=O)CCSC. The van der Waals surface area contributed by atoms with Crippen molar-refractivity contribution in [2.75, 3.05) is 12.0 Å². The largest absolute Gasteiger partial charge is 0.351 e. The molecule has 0 aromatic rings. The third-order valence-corrected chi connectivity index (χ3v) is 3.29. The zero-order valence-corrected chi connectivity index (χ0v) is 12.5. The van der Waals surface area contributed by atoms with Crippen LogP contribution in [0.25, 0.3) is 0 Å². The maximum absolute atomic E-state index is 11.7. The molecule has 1 N–H and O–H groups in total. The predicted octanol–water partition coefficient (Wildman–Crippen LogP) is 3.46. The lowest BCUT2D eigenvalue weighted by Crippen LogP contribution is -2.47. The topological polar surface area (TPSA) is 29.1 Å². The Labute approximate surface area is 105 Å². The average Bonchev–Trinajstić information content (AvgIpc) is 2.11. The number of thioether (sulfide) groups is 1. The van der Waals surface area contributed by atoms with Crippen LogP contribution in [-0.2, 0) is 4.79 Å². The molecule has 1 amide bonds. The second-order valence-corrected chi connectivity index (χ2v) is 6.93. The second kappa shape index (κ2) is 6.53. The van der Waals surface area contributed by atoms with Crippen molar-refractivity contribution in [2.24, 2.45) is 5.41 Å². The molecular formula is C13H27NOS. The van der Waals surface area contributed by atoms with Crippen molar-refractivity contribution in [2.45, 2.75) is 59.4 Å². The molecule has 1 atom stereocenters. The van der Waals surface area contributed by atoms with E-state index < -0.39 is 0 Å². The average molecular weight is 245 g/mol. The number of carbonyl (C=O) groups excluding carboxylic acids is 1. The van der Waals surface area contributed by atoms with E-state index >= 15 is 0 Å². The first-order chi connectivity index (χ1) is 7.22. The third-order valence-electron chi connectivity index (χ3n) is 2.68. The zero-order chi connectivity index (χ0) is 12.8. The smallest absolute Gasteiger partial charge is 0.221 e. The second-order valence-electron chi connectivity index (χ2n) is 5.94.